The van der Waals surface area contributed by atoms with Crippen LogP contribution in [0, 0.1) is 5.92 Å². The molecule has 9 heteroatoms. The summed E-state index contributed by atoms with van der Waals surface area (Å²) in [6.45, 7) is 1.90. The van der Waals surface area contributed by atoms with Gasteiger partial charge in [-0.2, -0.15) is 0 Å². The minimum absolute atomic E-state index is 0.0409. The van der Waals surface area contributed by atoms with Crippen LogP contribution in [-0.4, -0.2) is 65.4 Å². The summed E-state index contributed by atoms with van der Waals surface area (Å²) in [5.41, 5.74) is 0. The molecule has 3 rings (SSSR count). The number of carbonyl (C=O) groups is 3. The summed E-state index contributed by atoms with van der Waals surface area (Å²) >= 11 is 0. The molecule has 3 heterocycles. The van der Waals surface area contributed by atoms with E-state index in [-0.39, 0.29) is 30.8 Å². The van der Waals surface area contributed by atoms with E-state index in [1.165, 1.54) is 0 Å². The van der Waals surface area contributed by atoms with E-state index in [4.69, 9.17) is 0 Å². The zero-order valence-electron chi connectivity index (χ0n) is 13.3. The molecule has 128 valence electrons. The van der Waals surface area contributed by atoms with Crippen LogP contribution in [0.4, 0.5) is 10.7 Å². The Morgan fingerprint density at radius 3 is 2.83 bits per heavy atom. The Kier molecular flexibility index (Phi) is 4.88. The lowest BCUT2D eigenvalue weighted by Gasteiger charge is -2.32. The maximum atomic E-state index is 12.0. The maximum absolute atomic E-state index is 12.0. The summed E-state index contributed by atoms with van der Waals surface area (Å²) in [6, 6.07) is 1.27. The van der Waals surface area contributed by atoms with Crippen molar-refractivity contribution in [3.05, 3.63) is 18.5 Å². The van der Waals surface area contributed by atoms with Gasteiger partial charge in [-0.05, 0) is 24.8 Å². The Morgan fingerprint density at radius 1 is 1.33 bits per heavy atom. The number of rotatable bonds is 5. The van der Waals surface area contributed by atoms with Crippen LogP contribution in [0.25, 0.3) is 0 Å². The average molecular weight is 332 g/mol. The van der Waals surface area contributed by atoms with Gasteiger partial charge in [-0.3, -0.25) is 14.5 Å². The molecule has 0 spiro atoms. The molecule has 1 aromatic rings. The number of nitrogens with zero attached hydrogens (tertiary/aromatic N) is 4. The second-order valence-electron chi connectivity index (χ2n) is 5.95. The van der Waals surface area contributed by atoms with E-state index in [0.717, 1.165) is 30.8 Å². The van der Waals surface area contributed by atoms with Crippen molar-refractivity contribution in [1.29, 1.82) is 0 Å². The predicted octanol–water partition coefficient (Wildman–Crippen LogP) is -0.639. The number of hydrogen-bond acceptors (Lipinski definition) is 6. The largest absolute Gasteiger partial charge is 0.354 e. The second-order valence-corrected chi connectivity index (χ2v) is 5.95. The Bertz CT molecular complexity index is 607. The lowest BCUT2D eigenvalue weighted by atomic mass is 9.98. The molecule has 2 fully saturated rings. The summed E-state index contributed by atoms with van der Waals surface area (Å²) in [4.78, 5) is 46.4. The highest BCUT2D eigenvalue weighted by Crippen LogP contribution is 2.19. The monoisotopic (exact) mass is 332 g/mol. The van der Waals surface area contributed by atoms with Crippen molar-refractivity contribution in [3.63, 3.8) is 0 Å². The van der Waals surface area contributed by atoms with Crippen molar-refractivity contribution < 1.29 is 14.4 Å². The summed E-state index contributed by atoms with van der Waals surface area (Å²) in [6.07, 6.45) is 5.44. The summed E-state index contributed by atoms with van der Waals surface area (Å²) in [5.74, 6) is 0.288. The molecule has 1 atom stereocenters. The molecule has 0 bridgehead atoms. The van der Waals surface area contributed by atoms with E-state index in [9.17, 15) is 14.4 Å². The van der Waals surface area contributed by atoms with Crippen molar-refractivity contribution in [1.82, 2.24) is 25.5 Å². The van der Waals surface area contributed by atoms with Gasteiger partial charge in [-0.25, -0.2) is 14.8 Å². The molecule has 0 radical (unpaired) electrons. The van der Waals surface area contributed by atoms with Crippen LogP contribution in [0.2, 0.25) is 0 Å². The first-order chi connectivity index (χ1) is 11.6. The van der Waals surface area contributed by atoms with Crippen molar-refractivity contribution in [2.45, 2.75) is 12.8 Å². The molecule has 1 unspecified atom stereocenters. The van der Waals surface area contributed by atoms with Gasteiger partial charge in [0, 0.05) is 32.0 Å². The van der Waals surface area contributed by atoms with Gasteiger partial charge in [-0.15, -0.1) is 0 Å². The lowest BCUT2D eigenvalue weighted by molar-refractivity contribution is -0.130. The van der Waals surface area contributed by atoms with Gasteiger partial charge in [0.05, 0.1) is 6.54 Å². The number of aromatic nitrogens is 2. The number of hydrogen-bond donors (Lipinski definition) is 2. The van der Waals surface area contributed by atoms with Crippen molar-refractivity contribution in [3.8, 4) is 0 Å². The first kappa shape index (κ1) is 16.2. The topological polar surface area (TPSA) is 108 Å². The zero-order valence-corrected chi connectivity index (χ0v) is 13.3. The van der Waals surface area contributed by atoms with E-state index in [0.29, 0.717) is 12.5 Å². The van der Waals surface area contributed by atoms with Crippen molar-refractivity contribution in [2.24, 2.45) is 5.92 Å². The van der Waals surface area contributed by atoms with Crippen LogP contribution in [0.1, 0.15) is 12.8 Å². The SMILES string of the molecule is O=C(CN1C(=O)CNC1=O)NCC1CCCN(c2ncccn2)C1. The quantitative estimate of drug-likeness (QED) is 0.695. The van der Waals surface area contributed by atoms with Crippen LogP contribution >= 0.6 is 0 Å². The van der Waals surface area contributed by atoms with Crippen LogP contribution in [0.15, 0.2) is 18.5 Å². The third-order valence-corrected chi connectivity index (χ3v) is 4.18. The molecule has 2 N–H and O–H groups in total. The normalized spacial score (nSPS) is 20.9. The number of carbonyl (C=O) groups excluding carboxylic acids is 3. The number of imide groups is 1. The Balaban J connectivity index is 1.47. The molecule has 2 aliphatic heterocycles. The standard InChI is InChI=1S/C15H20N6O3/c22-12(10-21-13(23)8-19-15(21)24)18-7-11-3-1-6-20(9-11)14-16-4-2-5-17-14/h2,4-5,11H,1,3,6-10H2,(H,18,22)(H,19,24). The number of nitrogens with one attached hydrogen (secondary N) is 2. The van der Waals surface area contributed by atoms with Gasteiger partial charge >= 0.3 is 6.03 Å². The van der Waals surface area contributed by atoms with Crippen molar-refractivity contribution in [2.75, 3.05) is 37.6 Å². The first-order valence-electron chi connectivity index (χ1n) is 8.00. The van der Waals surface area contributed by atoms with Gasteiger partial charge in [0.1, 0.15) is 6.54 Å². The number of anilines is 1. The highest BCUT2D eigenvalue weighted by molar-refractivity contribution is 6.04. The van der Waals surface area contributed by atoms with E-state index in [2.05, 4.69) is 25.5 Å². The van der Waals surface area contributed by atoms with E-state index < -0.39 is 6.03 Å². The third kappa shape index (κ3) is 3.79. The molecule has 9 nitrogen and oxygen atoms in total. The second kappa shape index (κ2) is 7.24. The number of piperidine rings is 1. The highest BCUT2D eigenvalue weighted by Gasteiger charge is 2.30. The molecule has 4 amide bonds. The first-order valence-corrected chi connectivity index (χ1v) is 8.00. The average Bonchev–Trinajstić information content (AvgIpc) is 2.93. The smallest absolute Gasteiger partial charge is 0.325 e. The van der Waals surface area contributed by atoms with Crippen LogP contribution < -0.4 is 15.5 Å². The van der Waals surface area contributed by atoms with Crippen LogP contribution in [0.5, 0.6) is 0 Å². The summed E-state index contributed by atoms with van der Waals surface area (Å²) < 4.78 is 0. The lowest BCUT2D eigenvalue weighted by Crippen LogP contribution is -2.45. The summed E-state index contributed by atoms with van der Waals surface area (Å²) in [5, 5.41) is 5.20. The van der Waals surface area contributed by atoms with Gasteiger partial charge < -0.3 is 15.5 Å². The molecule has 2 aliphatic rings. The predicted molar refractivity (Wildman–Crippen MR) is 85.1 cm³/mol. The molecule has 1 aromatic heterocycles. The molecular weight excluding hydrogens is 312 g/mol. The molecule has 0 aliphatic carbocycles. The van der Waals surface area contributed by atoms with Gasteiger partial charge in [0.15, 0.2) is 0 Å². The minimum Gasteiger partial charge on any atom is -0.354 e. The molecule has 2 saturated heterocycles. The fraction of sp³-hybridized carbons (Fsp3) is 0.533. The van der Waals surface area contributed by atoms with Gasteiger partial charge in [0.2, 0.25) is 11.9 Å². The fourth-order valence-corrected chi connectivity index (χ4v) is 2.94. The Morgan fingerprint density at radius 2 is 2.12 bits per heavy atom. The Labute approximate surface area is 139 Å². The highest BCUT2D eigenvalue weighted by atomic mass is 16.2. The van der Waals surface area contributed by atoms with E-state index in [1.807, 2.05) is 0 Å². The molecule has 24 heavy (non-hydrogen) atoms. The van der Waals surface area contributed by atoms with Gasteiger partial charge in [0.25, 0.3) is 5.91 Å². The molecule has 0 aromatic carbocycles. The van der Waals surface area contributed by atoms with Crippen LogP contribution in [-0.2, 0) is 9.59 Å². The minimum atomic E-state index is -0.514. The van der Waals surface area contributed by atoms with Crippen LogP contribution in [0.3, 0.4) is 0 Å². The number of amides is 4. The van der Waals surface area contributed by atoms with Crippen molar-refractivity contribution >= 4 is 23.8 Å². The van der Waals surface area contributed by atoms with E-state index in [1.54, 1.807) is 18.5 Å². The summed E-state index contributed by atoms with van der Waals surface area (Å²) in [7, 11) is 0. The zero-order chi connectivity index (χ0) is 16.9. The maximum Gasteiger partial charge on any atom is 0.325 e. The van der Waals surface area contributed by atoms with E-state index >= 15 is 0 Å². The fourth-order valence-electron chi connectivity index (χ4n) is 2.94. The molecule has 0 saturated carbocycles. The third-order valence-electron chi connectivity index (χ3n) is 4.18. The van der Waals surface area contributed by atoms with Gasteiger partial charge in [-0.1, -0.05) is 0 Å². The number of urea groups is 1. The Hall–Kier alpha value is -2.71. The molecular formula is C15H20N6O3.